The van der Waals surface area contributed by atoms with Crippen LogP contribution < -0.4 is 0 Å². The van der Waals surface area contributed by atoms with E-state index < -0.39 is 12.2 Å². The average molecular weight is 329 g/mol. The molecule has 0 saturated carbocycles. The molecule has 1 aliphatic heterocycles. The van der Waals surface area contributed by atoms with Crippen LogP contribution in [0.15, 0.2) is 54.6 Å². The molecule has 1 N–H and O–H groups in total. The SMILES string of the molecule is O=C(OCc1ccccc1)N1CC[C@H](c2ccc(F)cc2)[C@@H](O)C1. The fourth-order valence-corrected chi connectivity index (χ4v) is 3.01. The molecule has 1 amide bonds. The van der Waals surface area contributed by atoms with Gasteiger partial charge in [-0.2, -0.15) is 0 Å². The highest BCUT2D eigenvalue weighted by atomic mass is 19.1. The lowest BCUT2D eigenvalue weighted by molar-refractivity contribution is 0.0344. The Morgan fingerprint density at radius 1 is 1.17 bits per heavy atom. The van der Waals surface area contributed by atoms with Crippen LogP contribution in [0.1, 0.15) is 23.5 Å². The fourth-order valence-electron chi connectivity index (χ4n) is 3.01. The lowest BCUT2D eigenvalue weighted by Crippen LogP contribution is -2.45. The van der Waals surface area contributed by atoms with Crippen molar-refractivity contribution in [3.63, 3.8) is 0 Å². The van der Waals surface area contributed by atoms with E-state index in [9.17, 15) is 14.3 Å². The van der Waals surface area contributed by atoms with Crippen LogP contribution in [0, 0.1) is 5.82 Å². The Morgan fingerprint density at radius 3 is 2.54 bits per heavy atom. The van der Waals surface area contributed by atoms with E-state index in [1.807, 2.05) is 30.3 Å². The van der Waals surface area contributed by atoms with Gasteiger partial charge in [0.05, 0.1) is 12.6 Å². The normalized spacial score (nSPS) is 20.7. The number of carbonyl (C=O) groups is 1. The summed E-state index contributed by atoms with van der Waals surface area (Å²) in [5, 5.41) is 10.4. The number of rotatable bonds is 3. The lowest BCUT2D eigenvalue weighted by atomic mass is 9.87. The highest BCUT2D eigenvalue weighted by Gasteiger charge is 2.31. The van der Waals surface area contributed by atoms with E-state index >= 15 is 0 Å². The number of carbonyl (C=O) groups excluding carboxylic acids is 1. The quantitative estimate of drug-likeness (QED) is 0.940. The molecule has 4 nitrogen and oxygen atoms in total. The molecule has 0 radical (unpaired) electrons. The van der Waals surface area contributed by atoms with Crippen molar-refractivity contribution < 1.29 is 19.0 Å². The molecule has 0 aliphatic carbocycles. The van der Waals surface area contributed by atoms with Gasteiger partial charge < -0.3 is 14.7 Å². The van der Waals surface area contributed by atoms with Gasteiger partial charge in [0.1, 0.15) is 12.4 Å². The predicted molar refractivity (Wildman–Crippen MR) is 88.0 cm³/mol. The minimum absolute atomic E-state index is 0.0937. The molecule has 2 aromatic carbocycles. The third-order valence-corrected chi connectivity index (χ3v) is 4.34. The standard InChI is InChI=1S/C19H20FNO3/c20-16-8-6-15(7-9-16)17-10-11-21(12-18(17)22)19(23)24-13-14-4-2-1-3-5-14/h1-9,17-18,22H,10-13H2/t17-,18+/m1/s1. The second-order valence-corrected chi connectivity index (χ2v) is 6.00. The van der Waals surface area contributed by atoms with E-state index in [0.29, 0.717) is 13.0 Å². The van der Waals surface area contributed by atoms with Gasteiger partial charge in [-0.05, 0) is 29.7 Å². The molecule has 0 aromatic heterocycles. The molecule has 2 atom stereocenters. The van der Waals surface area contributed by atoms with Crippen molar-refractivity contribution in [1.29, 1.82) is 0 Å². The summed E-state index contributed by atoms with van der Waals surface area (Å²) in [6, 6.07) is 15.6. The molecule has 1 heterocycles. The number of halogens is 1. The van der Waals surface area contributed by atoms with Gasteiger partial charge in [-0.25, -0.2) is 9.18 Å². The van der Waals surface area contributed by atoms with E-state index in [2.05, 4.69) is 0 Å². The third kappa shape index (κ3) is 3.92. The van der Waals surface area contributed by atoms with Crippen LogP contribution >= 0.6 is 0 Å². The van der Waals surface area contributed by atoms with Crippen molar-refractivity contribution in [2.24, 2.45) is 0 Å². The van der Waals surface area contributed by atoms with Crippen LogP contribution in [-0.2, 0) is 11.3 Å². The minimum atomic E-state index is -0.687. The number of amides is 1. The number of aliphatic hydroxyl groups is 1. The van der Waals surface area contributed by atoms with Gasteiger partial charge in [-0.15, -0.1) is 0 Å². The van der Waals surface area contributed by atoms with Gasteiger partial charge in [0.2, 0.25) is 0 Å². The van der Waals surface area contributed by atoms with Gasteiger partial charge in [0.15, 0.2) is 0 Å². The third-order valence-electron chi connectivity index (χ3n) is 4.34. The molecule has 24 heavy (non-hydrogen) atoms. The maximum Gasteiger partial charge on any atom is 0.410 e. The second kappa shape index (κ2) is 7.45. The zero-order valence-electron chi connectivity index (χ0n) is 13.3. The Labute approximate surface area is 140 Å². The molecule has 0 bridgehead atoms. The zero-order chi connectivity index (χ0) is 16.9. The van der Waals surface area contributed by atoms with Crippen molar-refractivity contribution in [1.82, 2.24) is 4.90 Å². The lowest BCUT2D eigenvalue weighted by Gasteiger charge is -2.35. The summed E-state index contributed by atoms with van der Waals surface area (Å²) in [6.07, 6.45) is -0.489. The maximum absolute atomic E-state index is 13.0. The molecule has 5 heteroatoms. The van der Waals surface area contributed by atoms with Crippen molar-refractivity contribution >= 4 is 6.09 Å². The number of nitrogens with zero attached hydrogens (tertiary/aromatic N) is 1. The summed E-state index contributed by atoms with van der Waals surface area (Å²) >= 11 is 0. The average Bonchev–Trinajstić information content (AvgIpc) is 2.61. The molecular formula is C19H20FNO3. The van der Waals surface area contributed by atoms with Crippen molar-refractivity contribution in [3.8, 4) is 0 Å². The Kier molecular flexibility index (Phi) is 5.11. The zero-order valence-corrected chi connectivity index (χ0v) is 13.3. The van der Waals surface area contributed by atoms with Crippen LogP contribution in [0.25, 0.3) is 0 Å². The van der Waals surface area contributed by atoms with Crippen LogP contribution in [0.4, 0.5) is 9.18 Å². The van der Waals surface area contributed by atoms with Crippen molar-refractivity contribution in [2.75, 3.05) is 13.1 Å². The monoisotopic (exact) mass is 329 g/mol. The molecule has 3 rings (SSSR count). The Hall–Kier alpha value is -2.40. The first-order valence-corrected chi connectivity index (χ1v) is 8.02. The number of ether oxygens (including phenoxy) is 1. The van der Waals surface area contributed by atoms with E-state index in [1.54, 1.807) is 12.1 Å². The van der Waals surface area contributed by atoms with Gasteiger partial charge in [-0.3, -0.25) is 0 Å². The van der Waals surface area contributed by atoms with Gasteiger partial charge in [-0.1, -0.05) is 42.5 Å². The van der Waals surface area contributed by atoms with E-state index in [-0.39, 0.29) is 24.9 Å². The summed E-state index contributed by atoms with van der Waals surface area (Å²) in [7, 11) is 0. The summed E-state index contributed by atoms with van der Waals surface area (Å²) in [5.74, 6) is -0.390. The summed E-state index contributed by atoms with van der Waals surface area (Å²) in [6.45, 7) is 0.941. The molecular weight excluding hydrogens is 309 g/mol. The first-order valence-electron chi connectivity index (χ1n) is 8.02. The van der Waals surface area contributed by atoms with Crippen LogP contribution in [0.3, 0.4) is 0 Å². The summed E-state index contributed by atoms with van der Waals surface area (Å²) in [4.78, 5) is 13.7. The Balaban J connectivity index is 1.54. The van der Waals surface area contributed by atoms with Crippen LogP contribution in [0.5, 0.6) is 0 Å². The molecule has 1 aliphatic rings. The fraction of sp³-hybridized carbons (Fsp3) is 0.316. The first-order chi connectivity index (χ1) is 11.6. The molecule has 2 aromatic rings. The van der Waals surface area contributed by atoms with Crippen molar-refractivity contribution in [2.45, 2.75) is 25.0 Å². The van der Waals surface area contributed by atoms with E-state index in [4.69, 9.17) is 4.74 Å². The maximum atomic E-state index is 13.0. The van der Waals surface area contributed by atoms with Crippen molar-refractivity contribution in [3.05, 3.63) is 71.5 Å². The number of likely N-dealkylation sites (tertiary alicyclic amines) is 1. The summed E-state index contributed by atoms with van der Waals surface area (Å²) in [5.41, 5.74) is 1.81. The predicted octanol–water partition coefficient (Wildman–Crippen LogP) is 3.31. The van der Waals surface area contributed by atoms with Gasteiger partial charge in [0.25, 0.3) is 0 Å². The number of benzene rings is 2. The molecule has 126 valence electrons. The highest BCUT2D eigenvalue weighted by Crippen LogP contribution is 2.29. The number of piperidine rings is 1. The van der Waals surface area contributed by atoms with Crippen LogP contribution in [0.2, 0.25) is 0 Å². The van der Waals surface area contributed by atoms with E-state index in [1.165, 1.54) is 17.0 Å². The number of hydrogen-bond acceptors (Lipinski definition) is 3. The smallest absolute Gasteiger partial charge is 0.410 e. The molecule has 1 fully saturated rings. The molecule has 0 unspecified atom stereocenters. The van der Waals surface area contributed by atoms with Gasteiger partial charge in [0, 0.05) is 12.5 Å². The molecule has 0 spiro atoms. The first kappa shape index (κ1) is 16.5. The van der Waals surface area contributed by atoms with E-state index in [0.717, 1.165) is 11.1 Å². The number of β-amino-alcohol motifs (C(OH)–C–C–N with tert-alkyl or cyclic N) is 1. The Bertz CT molecular complexity index is 675. The minimum Gasteiger partial charge on any atom is -0.445 e. The van der Waals surface area contributed by atoms with Crippen LogP contribution in [-0.4, -0.2) is 35.3 Å². The number of hydrogen-bond donors (Lipinski definition) is 1. The van der Waals surface area contributed by atoms with Gasteiger partial charge >= 0.3 is 6.09 Å². The summed E-state index contributed by atoms with van der Waals surface area (Å²) < 4.78 is 18.3. The molecule has 1 saturated heterocycles. The highest BCUT2D eigenvalue weighted by molar-refractivity contribution is 5.67. The second-order valence-electron chi connectivity index (χ2n) is 6.00. The largest absolute Gasteiger partial charge is 0.445 e. The topological polar surface area (TPSA) is 49.8 Å². The Morgan fingerprint density at radius 2 is 1.88 bits per heavy atom. The number of aliphatic hydroxyl groups excluding tert-OH is 1.